The van der Waals surface area contributed by atoms with Crippen molar-refractivity contribution in [3.63, 3.8) is 0 Å². The summed E-state index contributed by atoms with van der Waals surface area (Å²) in [4.78, 5) is 0. The fourth-order valence-electron chi connectivity index (χ4n) is 1.83. The Labute approximate surface area is 102 Å². The van der Waals surface area contributed by atoms with E-state index in [-0.39, 0.29) is 0 Å². The van der Waals surface area contributed by atoms with E-state index in [0.717, 1.165) is 6.42 Å². The summed E-state index contributed by atoms with van der Waals surface area (Å²) in [6.07, 6.45) is 18.3. The molecule has 0 aromatic rings. The van der Waals surface area contributed by atoms with Crippen LogP contribution in [0.2, 0.25) is 0 Å². The molecule has 0 aromatic heterocycles. The molecule has 0 heterocycles. The summed E-state index contributed by atoms with van der Waals surface area (Å²) in [5.41, 5.74) is 0. The van der Waals surface area contributed by atoms with E-state index >= 15 is 0 Å². The van der Waals surface area contributed by atoms with Crippen molar-refractivity contribution in [3.05, 3.63) is 12.2 Å². The standard InChI is InChI=1S/C15H27N/c1-2-3-4-5-6-7-8-9-10-11-12-13-14-15-16/h12-13H,2-11,14H2,1H3/b13-12-. The minimum absolute atomic E-state index is 0.567. The molecule has 0 aliphatic carbocycles. The maximum absolute atomic E-state index is 8.33. The highest BCUT2D eigenvalue weighted by atomic mass is 14.2. The lowest BCUT2D eigenvalue weighted by molar-refractivity contribution is 0.566. The number of nitriles is 1. The van der Waals surface area contributed by atoms with E-state index in [2.05, 4.69) is 19.1 Å². The second kappa shape index (κ2) is 14.2. The lowest BCUT2D eigenvalue weighted by atomic mass is 10.1. The molecule has 0 fully saturated rings. The molecule has 0 aliphatic heterocycles. The Bertz CT molecular complexity index is 188. The number of allylic oxidation sites excluding steroid dienone is 2. The molecule has 0 amide bonds. The predicted octanol–water partition coefficient (Wildman–Crippen LogP) is 5.38. The fourth-order valence-corrected chi connectivity index (χ4v) is 1.83. The molecular weight excluding hydrogens is 194 g/mol. The average Bonchev–Trinajstić information content (AvgIpc) is 2.31. The smallest absolute Gasteiger partial charge is 0.0663 e. The molecule has 1 heteroatoms. The first-order chi connectivity index (χ1) is 7.91. The van der Waals surface area contributed by atoms with E-state index in [1.54, 1.807) is 0 Å². The van der Waals surface area contributed by atoms with Crippen molar-refractivity contribution < 1.29 is 0 Å². The van der Waals surface area contributed by atoms with E-state index in [1.807, 2.05) is 6.08 Å². The molecule has 0 aromatic carbocycles. The van der Waals surface area contributed by atoms with Gasteiger partial charge in [0, 0.05) is 0 Å². The van der Waals surface area contributed by atoms with E-state index in [0.29, 0.717) is 6.42 Å². The van der Waals surface area contributed by atoms with Gasteiger partial charge in [-0.2, -0.15) is 5.26 Å². The summed E-state index contributed by atoms with van der Waals surface area (Å²) in [5, 5.41) is 8.33. The second-order valence-electron chi connectivity index (χ2n) is 4.45. The van der Waals surface area contributed by atoms with Gasteiger partial charge in [0.2, 0.25) is 0 Å². The molecule has 0 saturated carbocycles. The van der Waals surface area contributed by atoms with Gasteiger partial charge in [0.1, 0.15) is 0 Å². The molecule has 0 saturated heterocycles. The minimum Gasteiger partial charge on any atom is -0.198 e. The van der Waals surface area contributed by atoms with Gasteiger partial charge < -0.3 is 0 Å². The zero-order valence-corrected chi connectivity index (χ0v) is 10.9. The van der Waals surface area contributed by atoms with Crippen molar-refractivity contribution in [1.29, 1.82) is 5.26 Å². The van der Waals surface area contributed by atoms with Crippen molar-refractivity contribution in [3.8, 4) is 6.07 Å². The van der Waals surface area contributed by atoms with Crippen LogP contribution in [-0.4, -0.2) is 0 Å². The Morgan fingerprint density at radius 3 is 1.94 bits per heavy atom. The third-order valence-corrected chi connectivity index (χ3v) is 2.85. The van der Waals surface area contributed by atoms with Crippen LogP contribution < -0.4 is 0 Å². The molecule has 1 nitrogen and oxygen atoms in total. The Kier molecular flexibility index (Phi) is 13.5. The normalized spacial score (nSPS) is 10.8. The molecule has 0 N–H and O–H groups in total. The summed E-state index contributed by atoms with van der Waals surface area (Å²) in [7, 11) is 0. The Hall–Kier alpha value is -0.770. The van der Waals surface area contributed by atoms with Crippen LogP contribution in [0.3, 0.4) is 0 Å². The Morgan fingerprint density at radius 2 is 1.38 bits per heavy atom. The van der Waals surface area contributed by atoms with Gasteiger partial charge in [0.15, 0.2) is 0 Å². The van der Waals surface area contributed by atoms with E-state index < -0.39 is 0 Å². The van der Waals surface area contributed by atoms with Crippen LogP contribution in [0.1, 0.15) is 77.6 Å². The molecular formula is C15H27N. The van der Waals surface area contributed by atoms with Crippen LogP contribution in [0, 0.1) is 11.3 Å². The summed E-state index contributed by atoms with van der Waals surface area (Å²) in [6, 6.07) is 2.12. The highest BCUT2D eigenvalue weighted by Crippen LogP contribution is 2.10. The van der Waals surface area contributed by atoms with Crippen molar-refractivity contribution in [2.45, 2.75) is 77.6 Å². The van der Waals surface area contributed by atoms with Gasteiger partial charge in [0.05, 0.1) is 12.5 Å². The maximum atomic E-state index is 8.33. The topological polar surface area (TPSA) is 23.8 Å². The Morgan fingerprint density at radius 1 is 0.812 bits per heavy atom. The monoisotopic (exact) mass is 221 g/mol. The van der Waals surface area contributed by atoms with Gasteiger partial charge in [0.25, 0.3) is 0 Å². The van der Waals surface area contributed by atoms with Crippen molar-refractivity contribution in [1.82, 2.24) is 0 Å². The SMILES string of the molecule is CCCCCCCCCCC/C=C\CC#N. The van der Waals surface area contributed by atoms with Crippen LogP contribution >= 0.6 is 0 Å². The highest BCUT2D eigenvalue weighted by molar-refractivity contribution is 4.90. The highest BCUT2D eigenvalue weighted by Gasteiger charge is 1.90. The number of hydrogen-bond donors (Lipinski definition) is 0. The second-order valence-corrected chi connectivity index (χ2v) is 4.45. The molecule has 16 heavy (non-hydrogen) atoms. The summed E-state index contributed by atoms with van der Waals surface area (Å²) in [6.45, 7) is 2.26. The third-order valence-electron chi connectivity index (χ3n) is 2.85. The van der Waals surface area contributed by atoms with Crippen molar-refractivity contribution >= 4 is 0 Å². The third kappa shape index (κ3) is 13.2. The van der Waals surface area contributed by atoms with Crippen LogP contribution in [0.4, 0.5) is 0 Å². The Balaban J connectivity index is 2.96. The average molecular weight is 221 g/mol. The predicted molar refractivity (Wildman–Crippen MR) is 71.2 cm³/mol. The number of nitrogens with zero attached hydrogens (tertiary/aromatic N) is 1. The van der Waals surface area contributed by atoms with Gasteiger partial charge in [-0.1, -0.05) is 70.4 Å². The molecule has 0 radical (unpaired) electrons. The van der Waals surface area contributed by atoms with Gasteiger partial charge in [-0.3, -0.25) is 0 Å². The molecule has 0 atom stereocenters. The van der Waals surface area contributed by atoms with E-state index in [4.69, 9.17) is 5.26 Å². The molecule has 0 aliphatic rings. The molecule has 0 unspecified atom stereocenters. The number of hydrogen-bond acceptors (Lipinski definition) is 1. The van der Waals surface area contributed by atoms with Crippen LogP contribution in [-0.2, 0) is 0 Å². The summed E-state index contributed by atoms with van der Waals surface area (Å²) < 4.78 is 0. The first-order valence-corrected chi connectivity index (χ1v) is 6.93. The van der Waals surface area contributed by atoms with Crippen molar-refractivity contribution in [2.24, 2.45) is 0 Å². The van der Waals surface area contributed by atoms with E-state index in [9.17, 15) is 0 Å². The summed E-state index contributed by atoms with van der Waals surface area (Å²) in [5.74, 6) is 0. The first-order valence-electron chi connectivity index (χ1n) is 6.93. The van der Waals surface area contributed by atoms with Crippen LogP contribution in [0.25, 0.3) is 0 Å². The molecule has 0 rings (SSSR count). The fraction of sp³-hybridized carbons (Fsp3) is 0.800. The van der Waals surface area contributed by atoms with Gasteiger partial charge >= 0.3 is 0 Å². The number of unbranched alkanes of at least 4 members (excludes halogenated alkanes) is 9. The lowest BCUT2D eigenvalue weighted by Crippen LogP contribution is -1.80. The van der Waals surface area contributed by atoms with Gasteiger partial charge in [-0.25, -0.2) is 0 Å². The van der Waals surface area contributed by atoms with Crippen molar-refractivity contribution in [2.75, 3.05) is 0 Å². The first kappa shape index (κ1) is 15.2. The van der Waals surface area contributed by atoms with Gasteiger partial charge in [-0.05, 0) is 12.8 Å². The van der Waals surface area contributed by atoms with Gasteiger partial charge in [-0.15, -0.1) is 0 Å². The number of rotatable bonds is 11. The quantitative estimate of drug-likeness (QED) is 0.339. The largest absolute Gasteiger partial charge is 0.198 e. The minimum atomic E-state index is 0.567. The lowest BCUT2D eigenvalue weighted by Gasteiger charge is -2.00. The maximum Gasteiger partial charge on any atom is 0.0663 e. The van der Waals surface area contributed by atoms with Crippen LogP contribution in [0.5, 0.6) is 0 Å². The molecule has 0 spiro atoms. The van der Waals surface area contributed by atoms with Crippen LogP contribution in [0.15, 0.2) is 12.2 Å². The molecule has 92 valence electrons. The zero-order valence-electron chi connectivity index (χ0n) is 10.9. The zero-order chi connectivity index (χ0) is 11.9. The summed E-state index contributed by atoms with van der Waals surface area (Å²) >= 11 is 0. The van der Waals surface area contributed by atoms with E-state index in [1.165, 1.54) is 57.8 Å². The molecule has 0 bridgehead atoms.